The standard InChI is InChI=1S/C19H15N5O/c1-13-6-8-15(9-7-13)22-18(25)17-10-11-21-19(24-17)23-16-5-3-2-4-14(16)12-20/h2-11H,1H3,(H,22,25)(H,21,23,24). The summed E-state index contributed by atoms with van der Waals surface area (Å²) in [7, 11) is 0. The number of aryl methyl sites for hydroxylation is 1. The molecule has 3 rings (SSSR count). The molecule has 0 unspecified atom stereocenters. The highest BCUT2D eigenvalue weighted by Gasteiger charge is 2.10. The van der Waals surface area contributed by atoms with Crippen LogP contribution in [0.2, 0.25) is 0 Å². The van der Waals surface area contributed by atoms with Crippen molar-refractivity contribution in [2.75, 3.05) is 10.6 Å². The molecule has 122 valence electrons. The molecule has 0 saturated heterocycles. The highest BCUT2D eigenvalue weighted by Crippen LogP contribution is 2.18. The Hall–Kier alpha value is -3.72. The number of aromatic nitrogens is 2. The zero-order valence-electron chi connectivity index (χ0n) is 13.5. The van der Waals surface area contributed by atoms with Gasteiger partial charge < -0.3 is 10.6 Å². The van der Waals surface area contributed by atoms with Crippen LogP contribution in [0.1, 0.15) is 21.6 Å². The summed E-state index contributed by atoms with van der Waals surface area (Å²) >= 11 is 0. The third-order valence-corrected chi connectivity index (χ3v) is 3.49. The molecule has 1 amide bonds. The van der Waals surface area contributed by atoms with Crippen LogP contribution in [0.15, 0.2) is 60.8 Å². The van der Waals surface area contributed by atoms with Crippen molar-refractivity contribution < 1.29 is 4.79 Å². The minimum Gasteiger partial charge on any atom is -0.323 e. The number of benzene rings is 2. The lowest BCUT2D eigenvalue weighted by atomic mass is 10.2. The Morgan fingerprint density at radius 3 is 2.60 bits per heavy atom. The van der Waals surface area contributed by atoms with Gasteiger partial charge in [-0.25, -0.2) is 9.97 Å². The Balaban J connectivity index is 1.78. The summed E-state index contributed by atoms with van der Waals surface area (Å²) in [6.45, 7) is 1.98. The molecule has 0 saturated carbocycles. The number of carbonyl (C=O) groups is 1. The lowest BCUT2D eigenvalue weighted by Gasteiger charge is -2.08. The van der Waals surface area contributed by atoms with Gasteiger partial charge in [-0.15, -0.1) is 0 Å². The van der Waals surface area contributed by atoms with Gasteiger partial charge in [-0.2, -0.15) is 5.26 Å². The van der Waals surface area contributed by atoms with Crippen LogP contribution < -0.4 is 10.6 Å². The van der Waals surface area contributed by atoms with Crippen LogP contribution in [0.5, 0.6) is 0 Å². The fraction of sp³-hybridized carbons (Fsp3) is 0.0526. The second kappa shape index (κ2) is 7.23. The second-order valence-corrected chi connectivity index (χ2v) is 5.37. The maximum absolute atomic E-state index is 12.3. The predicted molar refractivity (Wildman–Crippen MR) is 95.6 cm³/mol. The van der Waals surface area contributed by atoms with Crippen LogP contribution in [0.4, 0.5) is 17.3 Å². The van der Waals surface area contributed by atoms with Gasteiger partial charge in [0.2, 0.25) is 5.95 Å². The van der Waals surface area contributed by atoms with Gasteiger partial charge in [-0.1, -0.05) is 29.8 Å². The summed E-state index contributed by atoms with van der Waals surface area (Å²) in [6.07, 6.45) is 1.49. The largest absolute Gasteiger partial charge is 0.323 e. The summed E-state index contributed by atoms with van der Waals surface area (Å²) < 4.78 is 0. The quantitative estimate of drug-likeness (QED) is 0.762. The molecular formula is C19H15N5O. The van der Waals surface area contributed by atoms with Crippen molar-refractivity contribution in [3.8, 4) is 6.07 Å². The number of nitriles is 1. The molecule has 1 aromatic heterocycles. The van der Waals surface area contributed by atoms with E-state index in [1.807, 2.05) is 31.2 Å². The third kappa shape index (κ3) is 3.98. The Kier molecular flexibility index (Phi) is 4.67. The first-order chi connectivity index (χ1) is 12.2. The number of anilines is 3. The van der Waals surface area contributed by atoms with E-state index in [4.69, 9.17) is 5.26 Å². The Labute approximate surface area is 145 Å². The summed E-state index contributed by atoms with van der Waals surface area (Å²) in [5.41, 5.74) is 3.09. The molecule has 25 heavy (non-hydrogen) atoms. The molecule has 2 aromatic carbocycles. The van der Waals surface area contributed by atoms with Gasteiger partial charge in [0.1, 0.15) is 11.8 Å². The van der Waals surface area contributed by atoms with Crippen molar-refractivity contribution in [1.82, 2.24) is 9.97 Å². The van der Waals surface area contributed by atoms with Gasteiger partial charge in [0.25, 0.3) is 5.91 Å². The highest BCUT2D eigenvalue weighted by atomic mass is 16.1. The van der Waals surface area contributed by atoms with Crippen LogP contribution in [-0.2, 0) is 0 Å². The Morgan fingerprint density at radius 1 is 1.08 bits per heavy atom. The summed E-state index contributed by atoms with van der Waals surface area (Å²) in [4.78, 5) is 20.7. The SMILES string of the molecule is Cc1ccc(NC(=O)c2ccnc(Nc3ccccc3C#N)n2)cc1. The van der Waals surface area contributed by atoms with E-state index in [0.717, 1.165) is 5.56 Å². The molecule has 0 aliphatic heterocycles. The second-order valence-electron chi connectivity index (χ2n) is 5.37. The van der Waals surface area contributed by atoms with Crippen molar-refractivity contribution >= 4 is 23.2 Å². The number of nitrogens with zero attached hydrogens (tertiary/aromatic N) is 3. The first-order valence-electron chi connectivity index (χ1n) is 7.63. The summed E-state index contributed by atoms with van der Waals surface area (Å²) in [6, 6.07) is 18.1. The molecular weight excluding hydrogens is 314 g/mol. The van der Waals surface area contributed by atoms with E-state index in [1.165, 1.54) is 12.3 Å². The number of hydrogen-bond donors (Lipinski definition) is 2. The first-order valence-corrected chi connectivity index (χ1v) is 7.63. The van der Waals surface area contributed by atoms with Crippen molar-refractivity contribution in [1.29, 1.82) is 5.26 Å². The predicted octanol–water partition coefficient (Wildman–Crippen LogP) is 3.65. The van der Waals surface area contributed by atoms with E-state index in [2.05, 4.69) is 26.7 Å². The Bertz CT molecular complexity index is 945. The van der Waals surface area contributed by atoms with E-state index < -0.39 is 0 Å². The molecule has 0 spiro atoms. The van der Waals surface area contributed by atoms with Crippen molar-refractivity contribution in [3.63, 3.8) is 0 Å². The monoisotopic (exact) mass is 329 g/mol. The number of amides is 1. The first kappa shape index (κ1) is 16.1. The number of para-hydroxylation sites is 1. The molecule has 0 aliphatic carbocycles. The van der Waals surface area contributed by atoms with Gasteiger partial charge in [0.05, 0.1) is 11.3 Å². The fourth-order valence-corrected chi connectivity index (χ4v) is 2.19. The van der Waals surface area contributed by atoms with E-state index in [9.17, 15) is 4.79 Å². The molecule has 6 heteroatoms. The zero-order chi connectivity index (χ0) is 17.6. The van der Waals surface area contributed by atoms with Crippen LogP contribution in [0.3, 0.4) is 0 Å². The average Bonchev–Trinajstić information content (AvgIpc) is 2.64. The van der Waals surface area contributed by atoms with E-state index in [-0.39, 0.29) is 17.5 Å². The smallest absolute Gasteiger partial charge is 0.274 e. The minimum atomic E-state index is -0.331. The molecule has 6 nitrogen and oxygen atoms in total. The van der Waals surface area contributed by atoms with Crippen molar-refractivity contribution in [3.05, 3.63) is 77.6 Å². The lowest BCUT2D eigenvalue weighted by molar-refractivity contribution is 0.102. The van der Waals surface area contributed by atoms with Crippen LogP contribution in [0, 0.1) is 18.3 Å². The molecule has 1 heterocycles. The van der Waals surface area contributed by atoms with E-state index in [1.54, 1.807) is 24.3 Å². The van der Waals surface area contributed by atoms with Crippen molar-refractivity contribution in [2.45, 2.75) is 6.92 Å². The number of carbonyl (C=O) groups excluding carboxylic acids is 1. The molecule has 0 atom stereocenters. The summed E-state index contributed by atoms with van der Waals surface area (Å²) in [5.74, 6) is -0.0814. The molecule has 2 N–H and O–H groups in total. The maximum Gasteiger partial charge on any atom is 0.274 e. The van der Waals surface area contributed by atoms with Gasteiger partial charge in [-0.05, 0) is 37.3 Å². The van der Waals surface area contributed by atoms with E-state index in [0.29, 0.717) is 16.9 Å². The molecule has 0 fully saturated rings. The van der Waals surface area contributed by atoms with Crippen LogP contribution >= 0.6 is 0 Å². The molecule has 3 aromatic rings. The van der Waals surface area contributed by atoms with Crippen molar-refractivity contribution in [2.24, 2.45) is 0 Å². The average molecular weight is 329 g/mol. The van der Waals surface area contributed by atoms with Crippen LogP contribution in [0.25, 0.3) is 0 Å². The molecule has 0 radical (unpaired) electrons. The summed E-state index contributed by atoms with van der Waals surface area (Å²) in [5, 5.41) is 14.9. The van der Waals surface area contributed by atoms with Gasteiger partial charge >= 0.3 is 0 Å². The zero-order valence-corrected chi connectivity index (χ0v) is 13.5. The topological polar surface area (TPSA) is 90.7 Å². The van der Waals surface area contributed by atoms with E-state index >= 15 is 0 Å². The van der Waals surface area contributed by atoms with Gasteiger partial charge in [-0.3, -0.25) is 4.79 Å². The van der Waals surface area contributed by atoms with Gasteiger partial charge in [0.15, 0.2) is 0 Å². The molecule has 0 aliphatic rings. The number of rotatable bonds is 4. The Morgan fingerprint density at radius 2 is 1.84 bits per heavy atom. The van der Waals surface area contributed by atoms with Crippen LogP contribution in [-0.4, -0.2) is 15.9 Å². The molecule has 0 bridgehead atoms. The number of hydrogen-bond acceptors (Lipinski definition) is 5. The maximum atomic E-state index is 12.3. The minimum absolute atomic E-state index is 0.229. The third-order valence-electron chi connectivity index (χ3n) is 3.49. The normalized spacial score (nSPS) is 9.92. The lowest BCUT2D eigenvalue weighted by Crippen LogP contribution is -2.14. The highest BCUT2D eigenvalue weighted by molar-refractivity contribution is 6.03. The number of nitrogens with one attached hydrogen (secondary N) is 2. The van der Waals surface area contributed by atoms with Gasteiger partial charge in [0, 0.05) is 11.9 Å². The fourth-order valence-electron chi connectivity index (χ4n) is 2.19.